The van der Waals surface area contributed by atoms with Crippen molar-refractivity contribution in [2.45, 2.75) is 6.42 Å². The molecule has 1 amide bonds. The Morgan fingerprint density at radius 2 is 2.20 bits per heavy atom. The molecule has 3 nitrogen and oxygen atoms in total. The summed E-state index contributed by atoms with van der Waals surface area (Å²) in [6.45, 7) is 0.776. The second-order valence-electron chi connectivity index (χ2n) is 3.63. The summed E-state index contributed by atoms with van der Waals surface area (Å²) >= 11 is 3.44. The maximum absolute atomic E-state index is 11.5. The first-order chi connectivity index (χ1) is 7.25. The third kappa shape index (κ3) is 1.28. The zero-order valence-electron chi connectivity index (χ0n) is 7.98. The van der Waals surface area contributed by atoms with Gasteiger partial charge in [-0.15, -0.1) is 0 Å². The zero-order chi connectivity index (χ0) is 10.4. The van der Waals surface area contributed by atoms with Crippen molar-refractivity contribution in [3.05, 3.63) is 34.4 Å². The van der Waals surface area contributed by atoms with Gasteiger partial charge >= 0.3 is 0 Å². The van der Waals surface area contributed by atoms with Crippen LogP contribution in [-0.2, 0) is 4.79 Å². The molecule has 0 unspecified atom stereocenters. The molecule has 0 aromatic heterocycles. The normalized spacial score (nSPS) is 18.1. The Hall–Kier alpha value is -1.29. The number of hydrogen-bond acceptors (Lipinski definition) is 2. The van der Waals surface area contributed by atoms with E-state index in [1.165, 1.54) is 0 Å². The molecule has 4 heteroatoms. The van der Waals surface area contributed by atoms with Crippen molar-refractivity contribution in [2.75, 3.05) is 11.6 Å². The van der Waals surface area contributed by atoms with Crippen molar-refractivity contribution in [1.82, 2.24) is 5.01 Å². The first-order valence-corrected chi connectivity index (χ1v) is 5.62. The van der Waals surface area contributed by atoms with Crippen LogP contribution in [0.15, 0.2) is 28.9 Å². The van der Waals surface area contributed by atoms with Gasteiger partial charge in [0.25, 0.3) is 0 Å². The van der Waals surface area contributed by atoms with Crippen LogP contribution in [0.5, 0.6) is 0 Å². The van der Waals surface area contributed by atoms with Crippen molar-refractivity contribution in [3.8, 4) is 0 Å². The van der Waals surface area contributed by atoms with E-state index in [9.17, 15) is 4.79 Å². The molecule has 0 N–H and O–H groups in total. The molecule has 0 bridgehead atoms. The van der Waals surface area contributed by atoms with E-state index in [0.717, 1.165) is 22.3 Å². The molecule has 15 heavy (non-hydrogen) atoms. The number of amides is 1. The lowest BCUT2D eigenvalue weighted by Gasteiger charge is -2.31. The smallest absolute Gasteiger partial charge is 0.247 e. The summed E-state index contributed by atoms with van der Waals surface area (Å²) in [6, 6.07) is 6.10. The number of fused-ring (bicyclic) bond motifs is 3. The van der Waals surface area contributed by atoms with Crippen molar-refractivity contribution < 1.29 is 4.79 Å². The molecule has 0 aliphatic carbocycles. The van der Waals surface area contributed by atoms with Gasteiger partial charge in [0.15, 0.2) is 0 Å². The molecule has 1 saturated heterocycles. The lowest BCUT2D eigenvalue weighted by atomic mass is 10.1. The Labute approximate surface area is 96.1 Å². The monoisotopic (exact) mass is 264 g/mol. The average molecular weight is 265 g/mol. The van der Waals surface area contributed by atoms with Gasteiger partial charge in [0.2, 0.25) is 5.91 Å². The first kappa shape index (κ1) is 8.97. The Bertz CT molecular complexity index is 470. The fourth-order valence-electron chi connectivity index (χ4n) is 2.00. The van der Waals surface area contributed by atoms with Crippen LogP contribution >= 0.6 is 15.9 Å². The van der Waals surface area contributed by atoms with Crippen molar-refractivity contribution >= 4 is 33.6 Å². The molecule has 2 heterocycles. The maximum Gasteiger partial charge on any atom is 0.247 e. The van der Waals surface area contributed by atoms with Crippen LogP contribution in [0.25, 0.3) is 6.08 Å². The van der Waals surface area contributed by atoms with E-state index in [1.807, 2.05) is 29.4 Å². The van der Waals surface area contributed by atoms with Gasteiger partial charge in [0.1, 0.15) is 0 Å². The van der Waals surface area contributed by atoms with Crippen LogP contribution in [-0.4, -0.2) is 17.5 Å². The number of hydrogen-bond donors (Lipinski definition) is 0. The summed E-state index contributed by atoms with van der Waals surface area (Å²) in [6.07, 6.45) is 4.41. The Kier molecular flexibility index (Phi) is 1.85. The number of carbonyl (C=O) groups excluding carboxylic acids is 1. The van der Waals surface area contributed by atoms with E-state index in [0.29, 0.717) is 6.42 Å². The second-order valence-corrected chi connectivity index (χ2v) is 4.55. The minimum atomic E-state index is 0.166. The molecule has 0 saturated carbocycles. The standard InChI is InChI=1S/C11H9BrN2O/c12-9-1-2-10-8(7-9)3-5-14-11(15)4-6-13(10)14/h1-3,5,7H,4,6H2. The van der Waals surface area contributed by atoms with Gasteiger partial charge in [-0.3, -0.25) is 9.80 Å². The SMILES string of the molecule is O=C1CCN2c3ccc(Br)cc3C=CN12. The topological polar surface area (TPSA) is 23.6 Å². The third-order valence-electron chi connectivity index (χ3n) is 2.72. The number of carbonyl (C=O) groups is 1. The van der Waals surface area contributed by atoms with Gasteiger partial charge in [-0.2, -0.15) is 0 Å². The highest BCUT2D eigenvalue weighted by Gasteiger charge is 2.30. The molecule has 1 aromatic carbocycles. The number of anilines is 1. The van der Waals surface area contributed by atoms with Gasteiger partial charge in [0.05, 0.1) is 5.69 Å². The van der Waals surface area contributed by atoms with Crippen LogP contribution in [0.1, 0.15) is 12.0 Å². The molecule has 0 radical (unpaired) electrons. The number of nitrogens with zero attached hydrogens (tertiary/aromatic N) is 2. The lowest BCUT2D eigenvalue weighted by Crippen LogP contribution is -2.36. The van der Waals surface area contributed by atoms with Crippen molar-refractivity contribution in [2.24, 2.45) is 0 Å². The predicted molar refractivity (Wildman–Crippen MR) is 62.0 cm³/mol. The number of halogens is 1. The van der Waals surface area contributed by atoms with E-state index in [4.69, 9.17) is 0 Å². The zero-order valence-corrected chi connectivity index (χ0v) is 9.57. The summed E-state index contributed by atoms with van der Waals surface area (Å²) in [5, 5.41) is 3.71. The van der Waals surface area contributed by atoms with Crippen LogP contribution < -0.4 is 5.01 Å². The molecule has 2 aliphatic heterocycles. The van der Waals surface area contributed by atoms with Gasteiger partial charge in [-0.25, -0.2) is 5.01 Å². The summed E-state index contributed by atoms with van der Waals surface area (Å²) in [7, 11) is 0. The molecule has 1 fully saturated rings. The second kappa shape index (κ2) is 3.10. The van der Waals surface area contributed by atoms with Gasteiger partial charge < -0.3 is 0 Å². The molecular weight excluding hydrogens is 256 g/mol. The predicted octanol–water partition coefficient (Wildman–Crippen LogP) is 2.39. The third-order valence-corrected chi connectivity index (χ3v) is 3.21. The number of rotatable bonds is 0. The average Bonchev–Trinajstić information content (AvgIpc) is 2.60. The number of hydrazine groups is 1. The van der Waals surface area contributed by atoms with E-state index in [2.05, 4.69) is 22.0 Å². The highest BCUT2D eigenvalue weighted by molar-refractivity contribution is 9.10. The van der Waals surface area contributed by atoms with Gasteiger partial charge in [-0.1, -0.05) is 15.9 Å². The van der Waals surface area contributed by atoms with Crippen LogP contribution in [0.2, 0.25) is 0 Å². The van der Waals surface area contributed by atoms with E-state index in [1.54, 1.807) is 5.01 Å². The summed E-state index contributed by atoms with van der Waals surface area (Å²) in [5.74, 6) is 0.166. The molecule has 1 aromatic rings. The van der Waals surface area contributed by atoms with Gasteiger partial charge in [-0.05, 0) is 24.3 Å². The Morgan fingerprint density at radius 3 is 3.07 bits per heavy atom. The number of benzene rings is 1. The van der Waals surface area contributed by atoms with Crippen LogP contribution in [0.3, 0.4) is 0 Å². The Balaban J connectivity index is 2.12. The Morgan fingerprint density at radius 1 is 1.33 bits per heavy atom. The largest absolute Gasteiger partial charge is 0.278 e. The molecular formula is C11H9BrN2O. The summed E-state index contributed by atoms with van der Waals surface area (Å²) in [5.41, 5.74) is 2.25. The minimum Gasteiger partial charge on any atom is -0.278 e. The maximum atomic E-state index is 11.5. The molecule has 76 valence electrons. The lowest BCUT2D eigenvalue weighted by molar-refractivity contribution is -0.125. The van der Waals surface area contributed by atoms with Crippen LogP contribution in [0.4, 0.5) is 5.69 Å². The molecule has 0 atom stereocenters. The minimum absolute atomic E-state index is 0.166. The quantitative estimate of drug-likeness (QED) is 0.719. The highest BCUT2D eigenvalue weighted by atomic mass is 79.9. The molecule has 2 aliphatic rings. The fourth-order valence-corrected chi connectivity index (χ4v) is 2.38. The molecule has 3 rings (SSSR count). The van der Waals surface area contributed by atoms with Crippen molar-refractivity contribution in [3.63, 3.8) is 0 Å². The van der Waals surface area contributed by atoms with E-state index >= 15 is 0 Å². The van der Waals surface area contributed by atoms with Gasteiger partial charge in [0, 0.05) is 29.2 Å². The molecule has 0 spiro atoms. The summed E-state index contributed by atoms with van der Waals surface area (Å²) < 4.78 is 1.06. The highest BCUT2D eigenvalue weighted by Crippen LogP contribution is 2.33. The van der Waals surface area contributed by atoms with E-state index < -0.39 is 0 Å². The van der Waals surface area contributed by atoms with Crippen molar-refractivity contribution in [1.29, 1.82) is 0 Å². The first-order valence-electron chi connectivity index (χ1n) is 4.83. The fraction of sp³-hybridized carbons (Fsp3) is 0.182. The van der Waals surface area contributed by atoms with Crippen LogP contribution in [0, 0.1) is 0 Å². The summed E-state index contributed by atoms with van der Waals surface area (Å²) in [4.78, 5) is 11.5. The van der Waals surface area contributed by atoms with E-state index in [-0.39, 0.29) is 5.91 Å².